The standard InChI is InChI=1S/C16H19N3O3S/c1-18(9-16-17-12-4-2-3-5-15(12)23-16)14-8-11(10-20)6-7-13(14)19(21)22/h6-8,20H,2-5,9-10H2,1H3. The quantitative estimate of drug-likeness (QED) is 0.672. The van der Waals surface area contributed by atoms with Gasteiger partial charge in [0, 0.05) is 18.0 Å². The number of anilines is 1. The lowest BCUT2D eigenvalue weighted by atomic mass is 10.0. The van der Waals surface area contributed by atoms with Crippen LogP contribution < -0.4 is 4.90 Å². The zero-order valence-electron chi connectivity index (χ0n) is 13.0. The molecule has 23 heavy (non-hydrogen) atoms. The molecule has 0 amide bonds. The fourth-order valence-electron chi connectivity index (χ4n) is 2.89. The molecule has 7 heteroatoms. The van der Waals surface area contributed by atoms with E-state index in [1.807, 2.05) is 11.9 Å². The van der Waals surface area contributed by atoms with Gasteiger partial charge in [0.05, 0.1) is 23.8 Å². The number of aliphatic hydroxyl groups excluding tert-OH is 1. The third-order valence-electron chi connectivity index (χ3n) is 4.09. The monoisotopic (exact) mass is 333 g/mol. The van der Waals surface area contributed by atoms with Gasteiger partial charge < -0.3 is 10.0 Å². The summed E-state index contributed by atoms with van der Waals surface area (Å²) in [4.78, 5) is 18.7. The number of nitro benzene ring substituents is 1. The molecule has 0 saturated heterocycles. The topological polar surface area (TPSA) is 79.5 Å². The summed E-state index contributed by atoms with van der Waals surface area (Å²) in [5, 5.41) is 21.5. The maximum Gasteiger partial charge on any atom is 0.292 e. The van der Waals surface area contributed by atoms with Crippen molar-refractivity contribution in [3.05, 3.63) is 49.5 Å². The van der Waals surface area contributed by atoms with Gasteiger partial charge in [-0.25, -0.2) is 4.98 Å². The molecule has 0 bridgehead atoms. The van der Waals surface area contributed by atoms with E-state index in [9.17, 15) is 15.2 Å². The predicted molar refractivity (Wildman–Crippen MR) is 89.9 cm³/mol. The predicted octanol–water partition coefficient (Wildman–Crippen LogP) is 3.06. The molecule has 1 aliphatic carbocycles. The maximum atomic E-state index is 11.2. The summed E-state index contributed by atoms with van der Waals surface area (Å²) in [5.41, 5.74) is 2.42. The number of fused-ring (bicyclic) bond motifs is 1. The molecule has 0 saturated carbocycles. The van der Waals surface area contributed by atoms with Gasteiger partial charge in [0.25, 0.3) is 5.69 Å². The number of hydrogen-bond acceptors (Lipinski definition) is 6. The van der Waals surface area contributed by atoms with E-state index in [1.165, 1.54) is 29.5 Å². The van der Waals surface area contributed by atoms with Crippen molar-refractivity contribution in [3.63, 3.8) is 0 Å². The average Bonchev–Trinajstić information content (AvgIpc) is 2.96. The van der Waals surface area contributed by atoms with Crippen molar-refractivity contribution < 1.29 is 10.0 Å². The molecule has 0 atom stereocenters. The van der Waals surface area contributed by atoms with Gasteiger partial charge in [-0.15, -0.1) is 11.3 Å². The Balaban J connectivity index is 1.86. The number of benzene rings is 1. The van der Waals surface area contributed by atoms with Gasteiger partial charge in [-0.1, -0.05) is 0 Å². The van der Waals surface area contributed by atoms with Gasteiger partial charge in [-0.3, -0.25) is 10.1 Å². The van der Waals surface area contributed by atoms with E-state index in [0.29, 0.717) is 17.8 Å². The van der Waals surface area contributed by atoms with Crippen LogP contribution in [0, 0.1) is 10.1 Å². The fourth-order valence-corrected chi connectivity index (χ4v) is 4.10. The Kier molecular flexibility index (Phi) is 4.58. The average molecular weight is 333 g/mol. The minimum atomic E-state index is -0.389. The molecule has 0 unspecified atom stereocenters. The Bertz CT molecular complexity index is 706. The van der Waals surface area contributed by atoms with Crippen LogP contribution in [0.2, 0.25) is 0 Å². The SMILES string of the molecule is CN(Cc1nc2c(s1)CCCC2)c1cc(CO)ccc1[N+](=O)[O-]. The lowest BCUT2D eigenvalue weighted by Gasteiger charge is -2.18. The zero-order valence-corrected chi connectivity index (χ0v) is 13.8. The lowest BCUT2D eigenvalue weighted by Crippen LogP contribution is -2.18. The number of rotatable bonds is 5. The lowest BCUT2D eigenvalue weighted by molar-refractivity contribution is -0.384. The summed E-state index contributed by atoms with van der Waals surface area (Å²) < 4.78 is 0. The highest BCUT2D eigenvalue weighted by Gasteiger charge is 2.20. The van der Waals surface area contributed by atoms with Crippen molar-refractivity contribution in [1.82, 2.24) is 4.98 Å². The number of nitro groups is 1. The third kappa shape index (κ3) is 3.35. The molecule has 1 aliphatic rings. The smallest absolute Gasteiger partial charge is 0.292 e. The summed E-state index contributed by atoms with van der Waals surface area (Å²) in [6.07, 6.45) is 4.54. The third-order valence-corrected chi connectivity index (χ3v) is 5.23. The van der Waals surface area contributed by atoms with Crippen LogP contribution in [-0.4, -0.2) is 22.1 Å². The Labute approximate surface area is 138 Å². The number of hydrogen-bond donors (Lipinski definition) is 1. The van der Waals surface area contributed by atoms with E-state index < -0.39 is 0 Å². The van der Waals surface area contributed by atoms with Crippen LogP contribution in [0.25, 0.3) is 0 Å². The molecule has 6 nitrogen and oxygen atoms in total. The summed E-state index contributed by atoms with van der Waals surface area (Å²) >= 11 is 1.71. The second-order valence-corrected chi connectivity index (χ2v) is 6.95. The molecule has 0 fully saturated rings. The molecular weight excluding hydrogens is 314 g/mol. The number of nitrogens with zero attached hydrogens (tertiary/aromatic N) is 3. The van der Waals surface area contributed by atoms with Crippen molar-refractivity contribution in [2.45, 2.75) is 38.8 Å². The van der Waals surface area contributed by atoms with E-state index in [0.717, 1.165) is 17.8 Å². The summed E-state index contributed by atoms with van der Waals surface area (Å²) in [6.45, 7) is 0.401. The Morgan fingerprint density at radius 1 is 1.39 bits per heavy atom. The first-order valence-electron chi connectivity index (χ1n) is 7.65. The van der Waals surface area contributed by atoms with Crippen LogP contribution in [-0.2, 0) is 26.0 Å². The number of aliphatic hydroxyl groups is 1. The maximum absolute atomic E-state index is 11.2. The van der Waals surface area contributed by atoms with E-state index in [2.05, 4.69) is 0 Å². The highest BCUT2D eigenvalue weighted by Crippen LogP contribution is 2.32. The van der Waals surface area contributed by atoms with Gasteiger partial charge in [-0.2, -0.15) is 0 Å². The van der Waals surface area contributed by atoms with Gasteiger partial charge in [-0.05, 0) is 43.4 Å². The van der Waals surface area contributed by atoms with Crippen LogP contribution in [0.4, 0.5) is 11.4 Å². The number of thiazole rings is 1. The summed E-state index contributed by atoms with van der Waals surface area (Å²) in [5.74, 6) is 0. The molecular formula is C16H19N3O3S. The van der Waals surface area contributed by atoms with Gasteiger partial charge in [0.1, 0.15) is 10.7 Å². The first-order chi connectivity index (χ1) is 11.1. The summed E-state index contributed by atoms with van der Waals surface area (Å²) in [7, 11) is 1.82. The van der Waals surface area contributed by atoms with E-state index in [-0.39, 0.29) is 17.2 Å². The van der Waals surface area contributed by atoms with Crippen molar-refractivity contribution in [3.8, 4) is 0 Å². The van der Waals surface area contributed by atoms with Crippen LogP contribution in [0.3, 0.4) is 0 Å². The molecule has 0 spiro atoms. The van der Waals surface area contributed by atoms with Gasteiger partial charge in [0.15, 0.2) is 0 Å². The van der Waals surface area contributed by atoms with Crippen LogP contribution in [0.1, 0.15) is 34.0 Å². The molecule has 1 aromatic heterocycles. The minimum Gasteiger partial charge on any atom is -0.392 e. The van der Waals surface area contributed by atoms with E-state index in [1.54, 1.807) is 23.5 Å². The molecule has 0 aliphatic heterocycles. The zero-order chi connectivity index (χ0) is 16.4. The highest BCUT2D eigenvalue weighted by molar-refractivity contribution is 7.11. The molecule has 3 rings (SSSR count). The molecule has 1 N–H and O–H groups in total. The highest BCUT2D eigenvalue weighted by atomic mass is 32.1. The second kappa shape index (κ2) is 6.64. The first-order valence-corrected chi connectivity index (χ1v) is 8.47. The number of aromatic nitrogens is 1. The van der Waals surface area contributed by atoms with Crippen LogP contribution in [0.5, 0.6) is 0 Å². The van der Waals surface area contributed by atoms with Gasteiger partial charge >= 0.3 is 0 Å². The van der Waals surface area contributed by atoms with Gasteiger partial charge in [0.2, 0.25) is 0 Å². The molecule has 0 radical (unpaired) electrons. The normalized spacial score (nSPS) is 13.7. The minimum absolute atomic E-state index is 0.0472. The van der Waals surface area contributed by atoms with Crippen molar-refractivity contribution in [2.24, 2.45) is 0 Å². The van der Waals surface area contributed by atoms with Crippen molar-refractivity contribution in [1.29, 1.82) is 0 Å². The van der Waals surface area contributed by atoms with Crippen LogP contribution in [0.15, 0.2) is 18.2 Å². The second-order valence-electron chi connectivity index (χ2n) is 5.78. The summed E-state index contributed by atoms with van der Waals surface area (Å²) in [6, 6.07) is 4.70. The Hall–Kier alpha value is -1.99. The Morgan fingerprint density at radius 3 is 2.87 bits per heavy atom. The molecule has 2 aromatic rings. The van der Waals surface area contributed by atoms with Crippen molar-refractivity contribution in [2.75, 3.05) is 11.9 Å². The van der Waals surface area contributed by atoms with E-state index >= 15 is 0 Å². The van der Waals surface area contributed by atoms with Crippen molar-refractivity contribution >= 4 is 22.7 Å². The molecule has 1 heterocycles. The Morgan fingerprint density at radius 2 is 2.17 bits per heavy atom. The molecule has 1 aromatic carbocycles. The molecule has 122 valence electrons. The number of aryl methyl sites for hydroxylation is 2. The van der Waals surface area contributed by atoms with E-state index in [4.69, 9.17) is 4.98 Å². The fraction of sp³-hybridized carbons (Fsp3) is 0.438. The first kappa shape index (κ1) is 15.9. The van der Waals surface area contributed by atoms with Crippen LogP contribution >= 0.6 is 11.3 Å². The largest absolute Gasteiger partial charge is 0.392 e.